The van der Waals surface area contributed by atoms with Crippen molar-refractivity contribution in [2.75, 3.05) is 13.1 Å². The van der Waals surface area contributed by atoms with Crippen LogP contribution < -0.4 is 5.32 Å². The van der Waals surface area contributed by atoms with E-state index in [0.29, 0.717) is 0 Å². The van der Waals surface area contributed by atoms with Crippen LogP contribution in [0.15, 0.2) is 29.6 Å². The smallest absolute Gasteiger partial charge is 0.0345 e. The van der Waals surface area contributed by atoms with Crippen LogP contribution in [0.5, 0.6) is 0 Å². The zero-order valence-electron chi connectivity index (χ0n) is 7.99. The maximum absolute atomic E-state index is 3.43. The minimum atomic E-state index is 0.742. The Hall–Kier alpha value is -0.860. The van der Waals surface area contributed by atoms with E-state index in [4.69, 9.17) is 0 Å². The third kappa shape index (κ3) is 1.26. The Balaban J connectivity index is 2.11. The van der Waals surface area contributed by atoms with Crippen molar-refractivity contribution in [2.45, 2.75) is 12.3 Å². The number of hydrogen-bond acceptors (Lipinski definition) is 2. The lowest BCUT2D eigenvalue weighted by Gasteiger charge is -2.06. The van der Waals surface area contributed by atoms with Gasteiger partial charge >= 0.3 is 0 Å². The Bertz CT molecular complexity index is 440. The second-order valence-electron chi connectivity index (χ2n) is 3.88. The first-order valence-electron chi connectivity index (χ1n) is 5.12. The van der Waals surface area contributed by atoms with E-state index in [2.05, 4.69) is 35.0 Å². The zero-order valence-corrected chi connectivity index (χ0v) is 8.81. The summed E-state index contributed by atoms with van der Waals surface area (Å²) in [4.78, 5) is 0. The normalized spacial score (nSPS) is 21.9. The molecule has 0 spiro atoms. The summed E-state index contributed by atoms with van der Waals surface area (Å²) in [5.74, 6) is 0.742. The summed E-state index contributed by atoms with van der Waals surface area (Å²) in [5.41, 5.74) is 1.55. The second-order valence-corrected chi connectivity index (χ2v) is 4.79. The van der Waals surface area contributed by atoms with Gasteiger partial charge in [0.25, 0.3) is 0 Å². The van der Waals surface area contributed by atoms with Crippen molar-refractivity contribution in [2.24, 2.45) is 0 Å². The molecule has 1 aliphatic heterocycles. The van der Waals surface area contributed by atoms with Gasteiger partial charge in [0.15, 0.2) is 0 Å². The number of rotatable bonds is 1. The molecule has 2 aromatic rings. The number of hydrogen-bond donors (Lipinski definition) is 1. The van der Waals surface area contributed by atoms with E-state index in [1.165, 1.54) is 23.1 Å². The fourth-order valence-corrected chi connectivity index (χ4v) is 3.28. The van der Waals surface area contributed by atoms with Gasteiger partial charge in [-0.2, -0.15) is 0 Å². The Morgan fingerprint density at radius 1 is 1.29 bits per heavy atom. The first-order valence-corrected chi connectivity index (χ1v) is 6.00. The van der Waals surface area contributed by atoms with Crippen LogP contribution in [-0.2, 0) is 0 Å². The number of benzene rings is 1. The molecule has 1 atom stereocenters. The summed E-state index contributed by atoms with van der Waals surface area (Å²) in [7, 11) is 0. The van der Waals surface area contributed by atoms with Crippen LogP contribution >= 0.6 is 11.3 Å². The average molecular weight is 203 g/mol. The molecule has 1 aliphatic rings. The van der Waals surface area contributed by atoms with Gasteiger partial charge in [0.1, 0.15) is 0 Å². The van der Waals surface area contributed by atoms with Crippen molar-refractivity contribution < 1.29 is 0 Å². The average Bonchev–Trinajstić information content (AvgIpc) is 2.85. The maximum atomic E-state index is 3.43. The van der Waals surface area contributed by atoms with Crippen molar-refractivity contribution in [3.63, 3.8) is 0 Å². The molecule has 14 heavy (non-hydrogen) atoms. The van der Waals surface area contributed by atoms with Crippen molar-refractivity contribution in [3.8, 4) is 0 Å². The number of fused-ring (bicyclic) bond motifs is 1. The van der Waals surface area contributed by atoms with Gasteiger partial charge in [-0.25, -0.2) is 0 Å². The summed E-state index contributed by atoms with van der Waals surface area (Å²) < 4.78 is 1.43. The SMILES string of the molecule is c1ccc2c([C@@H]3CCNC3)csc2c1. The molecule has 0 bridgehead atoms. The molecule has 2 heteroatoms. The molecule has 0 amide bonds. The monoisotopic (exact) mass is 203 g/mol. The Morgan fingerprint density at radius 3 is 3.07 bits per heavy atom. The standard InChI is InChI=1S/C12H13NS/c1-2-4-12-10(3-1)11(8-14-12)9-5-6-13-7-9/h1-4,8-9,13H,5-7H2/t9-/m1/s1. The predicted molar refractivity (Wildman–Crippen MR) is 62.1 cm³/mol. The fraction of sp³-hybridized carbons (Fsp3) is 0.333. The van der Waals surface area contributed by atoms with Crippen LogP contribution in [0, 0.1) is 0 Å². The van der Waals surface area contributed by atoms with Crippen LogP contribution in [0.25, 0.3) is 10.1 Å². The van der Waals surface area contributed by atoms with Gasteiger partial charge in [-0.3, -0.25) is 0 Å². The lowest BCUT2D eigenvalue weighted by Crippen LogP contribution is -2.07. The largest absolute Gasteiger partial charge is 0.316 e. The fourth-order valence-electron chi connectivity index (χ4n) is 2.23. The maximum Gasteiger partial charge on any atom is 0.0345 e. The van der Waals surface area contributed by atoms with E-state index >= 15 is 0 Å². The van der Waals surface area contributed by atoms with Crippen LogP contribution in [-0.4, -0.2) is 13.1 Å². The lowest BCUT2D eigenvalue weighted by atomic mass is 9.98. The molecule has 2 heterocycles. The third-order valence-electron chi connectivity index (χ3n) is 3.01. The molecular formula is C12H13NS. The minimum Gasteiger partial charge on any atom is -0.316 e. The molecular weight excluding hydrogens is 190 g/mol. The van der Waals surface area contributed by atoms with Gasteiger partial charge in [-0.1, -0.05) is 18.2 Å². The van der Waals surface area contributed by atoms with Gasteiger partial charge in [0.05, 0.1) is 0 Å². The van der Waals surface area contributed by atoms with E-state index < -0.39 is 0 Å². The molecule has 1 fully saturated rings. The van der Waals surface area contributed by atoms with Crippen molar-refractivity contribution in [1.82, 2.24) is 5.32 Å². The highest BCUT2D eigenvalue weighted by atomic mass is 32.1. The van der Waals surface area contributed by atoms with Crippen LogP contribution in [0.3, 0.4) is 0 Å². The quantitative estimate of drug-likeness (QED) is 0.751. The first-order chi connectivity index (χ1) is 6.95. The molecule has 1 saturated heterocycles. The molecule has 1 N–H and O–H groups in total. The molecule has 1 nitrogen and oxygen atoms in total. The van der Waals surface area contributed by atoms with Gasteiger partial charge in [0.2, 0.25) is 0 Å². The number of thiophene rings is 1. The molecule has 0 unspecified atom stereocenters. The molecule has 1 aromatic heterocycles. The van der Waals surface area contributed by atoms with Crippen molar-refractivity contribution in [1.29, 1.82) is 0 Å². The second kappa shape index (κ2) is 3.37. The van der Waals surface area contributed by atoms with Crippen molar-refractivity contribution >= 4 is 21.4 Å². The third-order valence-corrected chi connectivity index (χ3v) is 3.99. The zero-order chi connectivity index (χ0) is 9.38. The molecule has 72 valence electrons. The number of nitrogens with one attached hydrogen (secondary N) is 1. The Kier molecular flexibility index (Phi) is 2.03. The van der Waals surface area contributed by atoms with E-state index in [-0.39, 0.29) is 0 Å². The molecule has 0 aliphatic carbocycles. The molecule has 0 radical (unpaired) electrons. The minimum absolute atomic E-state index is 0.742. The van der Waals surface area contributed by atoms with Crippen LogP contribution in [0.2, 0.25) is 0 Å². The van der Waals surface area contributed by atoms with Crippen LogP contribution in [0.4, 0.5) is 0 Å². The van der Waals surface area contributed by atoms with E-state index in [9.17, 15) is 0 Å². The summed E-state index contributed by atoms with van der Waals surface area (Å²) in [5, 5.41) is 7.23. The highest BCUT2D eigenvalue weighted by molar-refractivity contribution is 7.17. The Morgan fingerprint density at radius 2 is 2.21 bits per heavy atom. The van der Waals surface area contributed by atoms with Crippen LogP contribution in [0.1, 0.15) is 17.9 Å². The summed E-state index contributed by atoms with van der Waals surface area (Å²) in [6.45, 7) is 2.33. The first kappa shape index (κ1) is 8.45. The highest BCUT2D eigenvalue weighted by Gasteiger charge is 2.19. The van der Waals surface area contributed by atoms with Gasteiger partial charge in [-0.05, 0) is 41.3 Å². The summed E-state index contributed by atoms with van der Waals surface area (Å²) in [6, 6.07) is 8.72. The predicted octanol–water partition coefficient (Wildman–Crippen LogP) is 2.98. The van der Waals surface area contributed by atoms with E-state index in [1.807, 2.05) is 11.3 Å². The van der Waals surface area contributed by atoms with Gasteiger partial charge in [0, 0.05) is 11.2 Å². The lowest BCUT2D eigenvalue weighted by molar-refractivity contribution is 0.772. The van der Waals surface area contributed by atoms with E-state index in [0.717, 1.165) is 12.5 Å². The Labute approximate surface area is 87.8 Å². The highest BCUT2D eigenvalue weighted by Crippen LogP contribution is 2.33. The molecule has 1 aromatic carbocycles. The molecule has 3 rings (SSSR count). The van der Waals surface area contributed by atoms with Gasteiger partial charge in [-0.15, -0.1) is 11.3 Å². The van der Waals surface area contributed by atoms with Crippen molar-refractivity contribution in [3.05, 3.63) is 35.2 Å². The summed E-state index contributed by atoms with van der Waals surface area (Å²) in [6.07, 6.45) is 1.29. The van der Waals surface area contributed by atoms with Gasteiger partial charge < -0.3 is 5.32 Å². The molecule has 0 saturated carbocycles. The summed E-state index contributed by atoms with van der Waals surface area (Å²) >= 11 is 1.87. The van der Waals surface area contributed by atoms with E-state index in [1.54, 1.807) is 5.56 Å². The topological polar surface area (TPSA) is 12.0 Å².